The highest BCUT2D eigenvalue weighted by molar-refractivity contribution is 6.50. The van der Waals surface area contributed by atoms with E-state index in [9.17, 15) is 17.3 Å². The van der Waals surface area contributed by atoms with Crippen molar-refractivity contribution in [2.75, 3.05) is 6.61 Å². The number of carbonyl (C=O) groups excluding carboxylic acids is 1. The van der Waals surface area contributed by atoms with Crippen LogP contribution >= 0.6 is 0 Å². The SMILES string of the molecule is CCOC1=[O+]Cc2ccccc21.F[B-](F)(F)F. The molecule has 0 radical (unpaired) electrons. The molecule has 2 rings (SSSR count). The zero-order chi connectivity index (χ0) is 12.9. The predicted molar refractivity (Wildman–Crippen MR) is 56.3 cm³/mol. The van der Waals surface area contributed by atoms with Crippen LogP contribution in [-0.2, 0) is 11.3 Å². The smallest absolute Gasteiger partial charge is 0.418 e. The average molecular weight is 250 g/mol. The number of hydrogen-bond donors (Lipinski definition) is 0. The van der Waals surface area contributed by atoms with Gasteiger partial charge in [0.2, 0.25) is 6.61 Å². The minimum atomic E-state index is -6.00. The third-order valence-electron chi connectivity index (χ3n) is 1.87. The van der Waals surface area contributed by atoms with Crippen LogP contribution in [0.15, 0.2) is 24.3 Å². The van der Waals surface area contributed by atoms with Crippen molar-refractivity contribution >= 4 is 13.2 Å². The number of ether oxygens (including phenoxy) is 1. The van der Waals surface area contributed by atoms with Crippen molar-refractivity contribution in [1.29, 1.82) is 0 Å². The maximum Gasteiger partial charge on any atom is 0.673 e. The highest BCUT2D eigenvalue weighted by atomic mass is 19.5. The molecule has 0 atom stereocenters. The molecule has 94 valence electrons. The topological polar surface area (TPSA) is 20.5 Å². The Labute approximate surface area is 96.0 Å². The first kappa shape index (κ1) is 13.5. The maximum atomic E-state index is 9.75. The van der Waals surface area contributed by atoms with Gasteiger partial charge in [0.25, 0.3) is 0 Å². The van der Waals surface area contributed by atoms with Crippen LogP contribution in [0.2, 0.25) is 0 Å². The Balaban J connectivity index is 0.000000249. The molecular weight excluding hydrogens is 239 g/mol. The largest absolute Gasteiger partial charge is 0.673 e. The van der Waals surface area contributed by atoms with E-state index in [2.05, 4.69) is 6.07 Å². The van der Waals surface area contributed by atoms with Crippen LogP contribution in [-0.4, -0.2) is 19.8 Å². The molecule has 1 aliphatic heterocycles. The number of halogens is 4. The van der Waals surface area contributed by atoms with Crippen molar-refractivity contribution in [2.24, 2.45) is 0 Å². The predicted octanol–water partition coefficient (Wildman–Crippen LogP) is 3.21. The fourth-order valence-corrected chi connectivity index (χ4v) is 1.32. The summed E-state index contributed by atoms with van der Waals surface area (Å²) in [6.45, 7) is 3.26. The molecular formula is C10H11BF4O2. The van der Waals surface area contributed by atoms with Gasteiger partial charge in [0.15, 0.2) is 6.61 Å². The van der Waals surface area contributed by atoms with Crippen molar-refractivity contribution in [3.63, 3.8) is 0 Å². The molecule has 1 aliphatic rings. The summed E-state index contributed by atoms with van der Waals surface area (Å²) in [5.74, 6) is 0.674. The first-order chi connectivity index (χ1) is 7.92. The summed E-state index contributed by atoms with van der Waals surface area (Å²) < 4.78 is 49.7. The summed E-state index contributed by atoms with van der Waals surface area (Å²) in [6, 6.07) is 8.08. The van der Waals surface area contributed by atoms with E-state index in [1.165, 1.54) is 5.56 Å². The second-order valence-electron chi connectivity index (χ2n) is 3.16. The number of benzene rings is 1. The monoisotopic (exact) mass is 250 g/mol. The van der Waals surface area contributed by atoms with Gasteiger partial charge >= 0.3 is 13.2 Å². The van der Waals surface area contributed by atoms with Crippen LogP contribution < -0.4 is 0 Å². The highest BCUT2D eigenvalue weighted by Gasteiger charge is 2.27. The Hall–Kier alpha value is -1.53. The Morgan fingerprint density at radius 3 is 2.41 bits per heavy atom. The van der Waals surface area contributed by atoms with Gasteiger partial charge in [-0.1, -0.05) is 18.2 Å². The van der Waals surface area contributed by atoms with Gasteiger partial charge in [-0.25, -0.2) is 0 Å². The molecule has 2 nitrogen and oxygen atoms in total. The molecule has 1 heterocycles. The van der Waals surface area contributed by atoms with E-state index in [4.69, 9.17) is 9.16 Å². The van der Waals surface area contributed by atoms with Crippen LogP contribution in [0.25, 0.3) is 0 Å². The highest BCUT2D eigenvalue weighted by Crippen LogP contribution is 2.17. The second-order valence-corrected chi connectivity index (χ2v) is 3.16. The molecule has 7 heteroatoms. The van der Waals surface area contributed by atoms with Gasteiger partial charge in [0, 0.05) is 5.56 Å². The molecule has 0 saturated carbocycles. The molecule has 17 heavy (non-hydrogen) atoms. The summed E-state index contributed by atoms with van der Waals surface area (Å²) in [4.78, 5) is 0. The Kier molecular flexibility index (Phi) is 4.54. The molecule has 1 aromatic rings. The molecule has 0 amide bonds. The molecule has 0 N–H and O–H groups in total. The van der Waals surface area contributed by atoms with Crippen LogP contribution in [0.1, 0.15) is 22.5 Å². The van der Waals surface area contributed by atoms with E-state index in [0.717, 1.165) is 5.56 Å². The van der Waals surface area contributed by atoms with Crippen molar-refractivity contribution in [2.45, 2.75) is 13.5 Å². The molecule has 1 aromatic carbocycles. The van der Waals surface area contributed by atoms with Gasteiger partial charge in [-0.2, -0.15) is 0 Å². The zero-order valence-corrected chi connectivity index (χ0v) is 9.13. The van der Waals surface area contributed by atoms with Gasteiger partial charge < -0.3 is 26.4 Å². The molecule has 0 saturated heterocycles. The molecule has 0 fully saturated rings. The quantitative estimate of drug-likeness (QED) is 0.324. The van der Waals surface area contributed by atoms with E-state index in [-0.39, 0.29) is 0 Å². The third-order valence-corrected chi connectivity index (χ3v) is 1.87. The average Bonchev–Trinajstić information content (AvgIpc) is 2.60. The Bertz CT molecular complexity index is 398. The summed E-state index contributed by atoms with van der Waals surface area (Å²) in [7, 11) is -6.00. The van der Waals surface area contributed by atoms with Crippen LogP contribution in [0.4, 0.5) is 17.3 Å². The number of hydrogen-bond acceptors (Lipinski definition) is 1. The summed E-state index contributed by atoms with van der Waals surface area (Å²) in [5, 5.41) is 0. The summed E-state index contributed by atoms with van der Waals surface area (Å²) in [5.41, 5.74) is 2.31. The minimum absolute atomic E-state index is 0.644. The normalized spacial score (nSPS) is 13.4. The molecule has 0 unspecified atom stereocenters. The Morgan fingerprint density at radius 2 is 1.82 bits per heavy atom. The van der Waals surface area contributed by atoms with Gasteiger partial charge in [-0.05, 0) is 13.0 Å². The Morgan fingerprint density at radius 1 is 1.24 bits per heavy atom. The van der Waals surface area contributed by atoms with Crippen molar-refractivity contribution in [3.05, 3.63) is 35.4 Å². The molecule has 0 aliphatic carbocycles. The van der Waals surface area contributed by atoms with Gasteiger partial charge in [0.1, 0.15) is 5.56 Å². The standard InChI is InChI=1S/C10H11O2.BF4/c1-2-11-10-9-6-4-3-5-8(9)7-12-10;2-1(3,4)5/h3-6H,2,7H2,1H3;/q+1;-1. The number of rotatable bonds is 1. The molecule has 0 aromatic heterocycles. The fourth-order valence-electron chi connectivity index (χ4n) is 1.32. The van der Waals surface area contributed by atoms with Gasteiger partial charge in [-0.3, -0.25) is 0 Å². The first-order valence-corrected chi connectivity index (χ1v) is 5.00. The van der Waals surface area contributed by atoms with Crippen LogP contribution in [0.3, 0.4) is 0 Å². The lowest BCUT2D eigenvalue weighted by Crippen LogP contribution is -2.03. The first-order valence-electron chi connectivity index (χ1n) is 5.00. The van der Waals surface area contributed by atoms with Gasteiger partial charge in [-0.15, -0.1) is 0 Å². The zero-order valence-electron chi connectivity index (χ0n) is 9.13. The number of esters is 1. The van der Waals surface area contributed by atoms with Crippen LogP contribution in [0, 0.1) is 0 Å². The van der Waals surface area contributed by atoms with E-state index in [0.29, 0.717) is 19.2 Å². The second kappa shape index (κ2) is 5.70. The molecule has 0 bridgehead atoms. The van der Waals surface area contributed by atoms with E-state index in [1.54, 1.807) is 0 Å². The van der Waals surface area contributed by atoms with E-state index in [1.807, 2.05) is 25.1 Å². The van der Waals surface area contributed by atoms with Crippen molar-refractivity contribution in [1.82, 2.24) is 0 Å². The minimum Gasteiger partial charge on any atom is -0.418 e. The lowest BCUT2D eigenvalue weighted by molar-refractivity contribution is -0.295. The molecule has 0 spiro atoms. The summed E-state index contributed by atoms with van der Waals surface area (Å²) in [6.07, 6.45) is 0. The van der Waals surface area contributed by atoms with Gasteiger partial charge in [0.05, 0.1) is 0 Å². The summed E-state index contributed by atoms with van der Waals surface area (Å²) >= 11 is 0. The van der Waals surface area contributed by atoms with E-state index >= 15 is 0 Å². The fraction of sp³-hybridized carbons (Fsp3) is 0.300. The van der Waals surface area contributed by atoms with E-state index < -0.39 is 7.25 Å². The van der Waals surface area contributed by atoms with Crippen LogP contribution in [0.5, 0.6) is 0 Å². The lowest BCUT2D eigenvalue weighted by atomic mass is 10.1. The van der Waals surface area contributed by atoms with Crippen molar-refractivity contribution < 1.29 is 26.4 Å². The third kappa shape index (κ3) is 4.88. The van der Waals surface area contributed by atoms with Crippen molar-refractivity contribution in [3.8, 4) is 0 Å². The maximum absolute atomic E-state index is 9.75. The lowest BCUT2D eigenvalue weighted by Gasteiger charge is -1.94. The number of fused-ring (bicyclic) bond motifs is 1.